The van der Waals surface area contributed by atoms with Crippen LogP contribution in [0.25, 0.3) is 0 Å². The number of aliphatic hydroxyl groups is 1. The molecule has 0 radical (unpaired) electrons. The number of hydrogen-bond acceptors (Lipinski definition) is 5. The number of ether oxygens (including phenoxy) is 1. The van der Waals surface area contributed by atoms with E-state index in [0.29, 0.717) is 13.2 Å². The van der Waals surface area contributed by atoms with E-state index in [1.165, 1.54) is 0 Å². The van der Waals surface area contributed by atoms with Gasteiger partial charge in [-0.2, -0.15) is 0 Å². The average molecular weight is 228 g/mol. The molecule has 0 saturated carbocycles. The van der Waals surface area contributed by atoms with Gasteiger partial charge in [0.15, 0.2) is 0 Å². The van der Waals surface area contributed by atoms with Crippen LogP contribution >= 0.6 is 0 Å². The van der Waals surface area contributed by atoms with Gasteiger partial charge in [-0.1, -0.05) is 5.16 Å². The molecule has 0 amide bonds. The Hall–Kier alpha value is -0.910. The second-order valence-corrected chi connectivity index (χ2v) is 4.11. The SMILES string of the molecule is COCC(O)CN(C)Cc1c(C)noc1C. The molecule has 1 heterocycles. The van der Waals surface area contributed by atoms with E-state index < -0.39 is 6.10 Å². The summed E-state index contributed by atoms with van der Waals surface area (Å²) in [4.78, 5) is 2.02. The first-order valence-corrected chi connectivity index (χ1v) is 5.32. The first kappa shape index (κ1) is 13.2. The summed E-state index contributed by atoms with van der Waals surface area (Å²) in [5.74, 6) is 0.839. The first-order chi connectivity index (χ1) is 7.54. The molecule has 1 unspecified atom stereocenters. The molecular weight excluding hydrogens is 208 g/mol. The summed E-state index contributed by atoms with van der Waals surface area (Å²) in [6.45, 7) is 5.46. The predicted molar refractivity (Wildman–Crippen MR) is 60.2 cm³/mol. The number of methoxy groups -OCH3 is 1. The second kappa shape index (κ2) is 5.98. The molecular formula is C11H20N2O3. The Balaban J connectivity index is 2.48. The minimum absolute atomic E-state index is 0.353. The van der Waals surface area contributed by atoms with Gasteiger partial charge < -0.3 is 14.4 Å². The van der Waals surface area contributed by atoms with Crippen molar-refractivity contribution in [2.24, 2.45) is 0 Å². The van der Waals surface area contributed by atoms with Crippen molar-refractivity contribution in [3.63, 3.8) is 0 Å². The molecule has 0 bridgehead atoms. The highest BCUT2D eigenvalue weighted by atomic mass is 16.5. The van der Waals surface area contributed by atoms with E-state index in [1.54, 1.807) is 7.11 Å². The predicted octanol–water partition coefficient (Wildman–Crippen LogP) is 0.731. The van der Waals surface area contributed by atoms with Gasteiger partial charge in [-0.3, -0.25) is 4.90 Å². The Kier molecular flexibility index (Phi) is 4.92. The molecule has 0 aliphatic carbocycles. The van der Waals surface area contributed by atoms with Crippen molar-refractivity contribution in [2.75, 3.05) is 27.3 Å². The van der Waals surface area contributed by atoms with Gasteiger partial charge >= 0.3 is 0 Å². The van der Waals surface area contributed by atoms with Crippen molar-refractivity contribution in [3.8, 4) is 0 Å². The van der Waals surface area contributed by atoms with Crippen LogP contribution in [-0.2, 0) is 11.3 Å². The van der Waals surface area contributed by atoms with Crippen molar-refractivity contribution >= 4 is 0 Å². The molecule has 0 aromatic carbocycles. The molecule has 1 rings (SSSR count). The topological polar surface area (TPSA) is 58.7 Å². The molecule has 5 nitrogen and oxygen atoms in total. The van der Waals surface area contributed by atoms with Gasteiger partial charge in [0.25, 0.3) is 0 Å². The third-order valence-electron chi connectivity index (χ3n) is 2.49. The molecule has 1 atom stereocenters. The molecule has 0 spiro atoms. The maximum atomic E-state index is 9.58. The summed E-state index contributed by atoms with van der Waals surface area (Å²) in [5.41, 5.74) is 2.00. The van der Waals surface area contributed by atoms with E-state index in [0.717, 1.165) is 23.6 Å². The lowest BCUT2D eigenvalue weighted by Gasteiger charge is -2.19. The average Bonchev–Trinajstić information content (AvgIpc) is 2.49. The van der Waals surface area contributed by atoms with E-state index >= 15 is 0 Å². The van der Waals surface area contributed by atoms with E-state index in [9.17, 15) is 5.11 Å². The number of aliphatic hydroxyl groups excluding tert-OH is 1. The normalized spacial score (nSPS) is 13.4. The van der Waals surface area contributed by atoms with Crippen molar-refractivity contribution in [1.29, 1.82) is 0 Å². The van der Waals surface area contributed by atoms with Crippen LogP contribution in [0.5, 0.6) is 0 Å². The van der Waals surface area contributed by atoms with Gasteiger partial charge in [0, 0.05) is 25.8 Å². The Morgan fingerprint density at radius 3 is 2.69 bits per heavy atom. The summed E-state index contributed by atoms with van der Waals surface area (Å²) >= 11 is 0. The smallest absolute Gasteiger partial charge is 0.138 e. The van der Waals surface area contributed by atoms with Gasteiger partial charge in [0.05, 0.1) is 18.4 Å². The van der Waals surface area contributed by atoms with Crippen LogP contribution in [0.3, 0.4) is 0 Å². The third kappa shape index (κ3) is 3.59. The molecule has 1 aromatic rings. The quantitative estimate of drug-likeness (QED) is 0.778. The molecule has 0 aliphatic heterocycles. The lowest BCUT2D eigenvalue weighted by molar-refractivity contribution is 0.0418. The number of nitrogens with zero attached hydrogens (tertiary/aromatic N) is 2. The van der Waals surface area contributed by atoms with Crippen molar-refractivity contribution < 1.29 is 14.4 Å². The molecule has 0 fully saturated rings. The molecule has 0 saturated heterocycles. The van der Waals surface area contributed by atoms with Gasteiger partial charge in [-0.05, 0) is 20.9 Å². The van der Waals surface area contributed by atoms with Gasteiger partial charge in [0.2, 0.25) is 0 Å². The number of rotatable bonds is 6. The van der Waals surface area contributed by atoms with Crippen LogP contribution in [0.2, 0.25) is 0 Å². The highest BCUT2D eigenvalue weighted by Crippen LogP contribution is 2.14. The maximum absolute atomic E-state index is 9.58. The zero-order valence-corrected chi connectivity index (χ0v) is 10.4. The van der Waals surface area contributed by atoms with E-state index in [2.05, 4.69) is 5.16 Å². The van der Waals surface area contributed by atoms with E-state index in [-0.39, 0.29) is 0 Å². The highest BCUT2D eigenvalue weighted by Gasteiger charge is 2.13. The van der Waals surface area contributed by atoms with E-state index in [1.807, 2.05) is 25.8 Å². The van der Waals surface area contributed by atoms with Crippen LogP contribution in [0.4, 0.5) is 0 Å². The summed E-state index contributed by atoms with van der Waals surface area (Å²) < 4.78 is 9.96. The largest absolute Gasteiger partial charge is 0.389 e. The van der Waals surface area contributed by atoms with E-state index in [4.69, 9.17) is 9.26 Å². The van der Waals surface area contributed by atoms with Gasteiger partial charge in [0.1, 0.15) is 5.76 Å². The lowest BCUT2D eigenvalue weighted by atomic mass is 10.2. The Morgan fingerprint density at radius 2 is 2.19 bits per heavy atom. The minimum atomic E-state index is -0.463. The van der Waals surface area contributed by atoms with Crippen LogP contribution in [-0.4, -0.2) is 48.6 Å². The monoisotopic (exact) mass is 228 g/mol. The maximum Gasteiger partial charge on any atom is 0.138 e. The fraction of sp³-hybridized carbons (Fsp3) is 0.727. The summed E-state index contributed by atoms with van der Waals surface area (Å²) in [6, 6.07) is 0. The Bertz CT molecular complexity index is 306. The number of aromatic nitrogens is 1. The van der Waals surface area contributed by atoms with Crippen LogP contribution in [0.15, 0.2) is 4.52 Å². The number of hydrogen-bond donors (Lipinski definition) is 1. The molecule has 1 aromatic heterocycles. The van der Waals surface area contributed by atoms with Crippen LogP contribution in [0, 0.1) is 13.8 Å². The zero-order chi connectivity index (χ0) is 12.1. The lowest BCUT2D eigenvalue weighted by Crippen LogP contribution is -2.31. The molecule has 16 heavy (non-hydrogen) atoms. The fourth-order valence-electron chi connectivity index (χ4n) is 1.67. The second-order valence-electron chi connectivity index (χ2n) is 4.11. The fourth-order valence-corrected chi connectivity index (χ4v) is 1.67. The Morgan fingerprint density at radius 1 is 1.50 bits per heavy atom. The summed E-state index contributed by atoms with van der Waals surface area (Å²) in [6.07, 6.45) is -0.463. The number of aryl methyl sites for hydroxylation is 2. The van der Waals surface area contributed by atoms with Crippen molar-refractivity contribution in [2.45, 2.75) is 26.5 Å². The van der Waals surface area contributed by atoms with Gasteiger partial charge in [-0.25, -0.2) is 0 Å². The van der Waals surface area contributed by atoms with Crippen molar-refractivity contribution in [1.82, 2.24) is 10.1 Å². The molecule has 5 heteroatoms. The highest BCUT2D eigenvalue weighted by molar-refractivity contribution is 5.20. The first-order valence-electron chi connectivity index (χ1n) is 5.32. The van der Waals surface area contributed by atoms with Gasteiger partial charge in [-0.15, -0.1) is 0 Å². The third-order valence-corrected chi connectivity index (χ3v) is 2.49. The minimum Gasteiger partial charge on any atom is -0.389 e. The number of likely N-dealkylation sites (N-methyl/N-ethyl adjacent to an activating group) is 1. The van der Waals surface area contributed by atoms with Crippen LogP contribution < -0.4 is 0 Å². The Labute approximate surface area is 96.0 Å². The molecule has 1 N–H and O–H groups in total. The molecule has 92 valence electrons. The summed E-state index contributed by atoms with van der Waals surface area (Å²) in [5, 5.41) is 13.5. The van der Waals surface area contributed by atoms with Crippen molar-refractivity contribution in [3.05, 3.63) is 17.0 Å². The zero-order valence-electron chi connectivity index (χ0n) is 10.4. The summed E-state index contributed by atoms with van der Waals surface area (Å²) in [7, 11) is 3.53. The molecule has 0 aliphatic rings. The van der Waals surface area contributed by atoms with Crippen LogP contribution in [0.1, 0.15) is 17.0 Å². The standard InChI is InChI=1S/C11H20N2O3/c1-8-11(9(2)16-12-8)6-13(3)5-10(14)7-15-4/h10,14H,5-7H2,1-4H3.